The largest absolute Gasteiger partial charge is 0.484 e. The average Bonchev–Trinajstić information content (AvgIpc) is 2.39. The summed E-state index contributed by atoms with van der Waals surface area (Å²) in [5, 5.41) is 5.58. The van der Waals surface area contributed by atoms with Crippen molar-refractivity contribution in [3.05, 3.63) is 23.8 Å². The van der Waals surface area contributed by atoms with Gasteiger partial charge in [0.15, 0.2) is 6.61 Å². The van der Waals surface area contributed by atoms with Crippen LogP contribution in [0.25, 0.3) is 0 Å². The first-order chi connectivity index (χ1) is 9.74. The maximum atomic E-state index is 12.2. The Morgan fingerprint density at radius 2 is 2.05 bits per heavy atom. The first kappa shape index (κ1) is 17.3. The Balaban J connectivity index is 2.78. The molecule has 0 heterocycles. The molecule has 1 amide bonds. The molecule has 0 aromatic heterocycles. The molecular weight excluding hydrogens is 285 g/mol. The van der Waals surface area contributed by atoms with E-state index in [1.54, 1.807) is 27.0 Å². The Labute approximate surface area is 121 Å². The summed E-state index contributed by atoms with van der Waals surface area (Å²) < 4.78 is 41.3. The minimum Gasteiger partial charge on any atom is -0.484 e. The molecule has 0 aliphatic heterocycles. The van der Waals surface area contributed by atoms with Crippen LogP contribution in [0.5, 0.6) is 5.75 Å². The monoisotopic (exact) mass is 304 g/mol. The lowest BCUT2D eigenvalue weighted by Crippen LogP contribution is -2.28. The summed E-state index contributed by atoms with van der Waals surface area (Å²) in [4.78, 5) is 11.9. The van der Waals surface area contributed by atoms with Crippen molar-refractivity contribution < 1.29 is 22.7 Å². The van der Waals surface area contributed by atoms with Gasteiger partial charge < -0.3 is 15.4 Å². The molecule has 1 unspecified atom stereocenters. The number of carbonyl (C=O) groups excluding carboxylic acids is 1. The Bertz CT molecular complexity index is 490. The van der Waals surface area contributed by atoms with Crippen molar-refractivity contribution in [2.24, 2.45) is 5.92 Å². The van der Waals surface area contributed by atoms with Gasteiger partial charge in [-0.15, -0.1) is 0 Å². The van der Waals surface area contributed by atoms with Crippen molar-refractivity contribution in [1.82, 2.24) is 5.32 Å². The molecular formula is C14H19F3N2O2. The molecule has 118 valence electrons. The molecule has 0 fully saturated rings. The van der Waals surface area contributed by atoms with Crippen molar-refractivity contribution in [1.29, 1.82) is 0 Å². The zero-order valence-corrected chi connectivity index (χ0v) is 12.2. The van der Waals surface area contributed by atoms with E-state index in [1.807, 2.05) is 0 Å². The summed E-state index contributed by atoms with van der Waals surface area (Å²) in [5.74, 6) is -0.360. The van der Waals surface area contributed by atoms with Gasteiger partial charge in [-0.1, -0.05) is 13.0 Å². The first-order valence-electron chi connectivity index (χ1n) is 6.49. The van der Waals surface area contributed by atoms with Gasteiger partial charge in [0.1, 0.15) is 5.75 Å². The summed E-state index contributed by atoms with van der Waals surface area (Å²) in [5.41, 5.74) is 0.911. The molecule has 0 radical (unpaired) electrons. The molecule has 0 saturated heterocycles. The molecule has 0 aliphatic carbocycles. The molecule has 1 aromatic carbocycles. The Hall–Kier alpha value is -1.76. The maximum Gasteiger partial charge on any atom is 0.422 e. The third-order valence-electron chi connectivity index (χ3n) is 2.89. The molecule has 1 aromatic rings. The van der Waals surface area contributed by atoms with Crippen molar-refractivity contribution >= 4 is 11.6 Å². The van der Waals surface area contributed by atoms with Gasteiger partial charge >= 0.3 is 6.18 Å². The van der Waals surface area contributed by atoms with E-state index >= 15 is 0 Å². The SMILES string of the molecule is CNCC(C)C(=O)Nc1cccc(OCC(F)(F)F)c1C. The van der Waals surface area contributed by atoms with Gasteiger partial charge in [0.2, 0.25) is 5.91 Å². The van der Waals surface area contributed by atoms with Gasteiger partial charge in [-0.2, -0.15) is 13.2 Å². The van der Waals surface area contributed by atoms with Crippen LogP contribution >= 0.6 is 0 Å². The fraction of sp³-hybridized carbons (Fsp3) is 0.500. The van der Waals surface area contributed by atoms with Crippen molar-refractivity contribution in [3.8, 4) is 5.75 Å². The number of nitrogens with one attached hydrogen (secondary N) is 2. The first-order valence-corrected chi connectivity index (χ1v) is 6.49. The Morgan fingerprint density at radius 1 is 1.38 bits per heavy atom. The lowest BCUT2D eigenvalue weighted by Gasteiger charge is -2.16. The maximum absolute atomic E-state index is 12.2. The number of hydrogen-bond donors (Lipinski definition) is 2. The van der Waals surface area contributed by atoms with Crippen molar-refractivity contribution in [3.63, 3.8) is 0 Å². The van der Waals surface area contributed by atoms with Gasteiger partial charge in [-0.25, -0.2) is 0 Å². The van der Waals surface area contributed by atoms with Crippen LogP contribution in [0.3, 0.4) is 0 Å². The predicted molar refractivity (Wildman–Crippen MR) is 74.4 cm³/mol. The van der Waals surface area contributed by atoms with Gasteiger partial charge in [-0.05, 0) is 26.1 Å². The van der Waals surface area contributed by atoms with E-state index in [1.165, 1.54) is 12.1 Å². The second-order valence-corrected chi connectivity index (χ2v) is 4.78. The number of amides is 1. The second kappa shape index (κ2) is 7.31. The summed E-state index contributed by atoms with van der Waals surface area (Å²) >= 11 is 0. The fourth-order valence-corrected chi connectivity index (χ4v) is 1.72. The minimum absolute atomic E-state index is 0.103. The summed E-state index contributed by atoms with van der Waals surface area (Å²) in [7, 11) is 1.74. The van der Waals surface area contributed by atoms with Crippen LogP contribution in [0.2, 0.25) is 0 Å². The van der Waals surface area contributed by atoms with Crippen LogP contribution in [-0.2, 0) is 4.79 Å². The Morgan fingerprint density at radius 3 is 2.62 bits per heavy atom. The van der Waals surface area contributed by atoms with E-state index in [0.717, 1.165) is 0 Å². The molecule has 7 heteroatoms. The van der Waals surface area contributed by atoms with E-state index in [4.69, 9.17) is 4.74 Å². The van der Waals surface area contributed by atoms with Crippen molar-refractivity contribution in [2.75, 3.05) is 25.5 Å². The Kier molecular flexibility index (Phi) is 6.02. The number of halogens is 3. The molecule has 0 saturated carbocycles. The van der Waals surface area contributed by atoms with Crippen LogP contribution in [-0.4, -0.2) is 32.3 Å². The number of hydrogen-bond acceptors (Lipinski definition) is 3. The molecule has 2 N–H and O–H groups in total. The molecule has 0 spiro atoms. The number of benzene rings is 1. The number of alkyl halides is 3. The summed E-state index contributed by atoms with van der Waals surface area (Å²) in [6.07, 6.45) is -4.40. The van der Waals surface area contributed by atoms with Crippen LogP contribution in [0, 0.1) is 12.8 Å². The third-order valence-corrected chi connectivity index (χ3v) is 2.89. The van der Waals surface area contributed by atoms with E-state index < -0.39 is 12.8 Å². The second-order valence-electron chi connectivity index (χ2n) is 4.78. The molecule has 1 atom stereocenters. The van der Waals surface area contributed by atoms with E-state index in [-0.39, 0.29) is 17.6 Å². The standard InChI is InChI=1S/C14H19F3N2O2/c1-9(7-18-3)13(20)19-11-5-4-6-12(10(11)2)21-8-14(15,16)17/h4-6,9,18H,7-8H2,1-3H3,(H,19,20). The van der Waals surface area contributed by atoms with Crippen LogP contribution < -0.4 is 15.4 Å². The highest BCUT2D eigenvalue weighted by atomic mass is 19.4. The lowest BCUT2D eigenvalue weighted by molar-refractivity contribution is -0.153. The molecule has 0 bridgehead atoms. The van der Waals surface area contributed by atoms with Gasteiger partial charge in [0.25, 0.3) is 0 Å². The highest BCUT2D eigenvalue weighted by molar-refractivity contribution is 5.93. The minimum atomic E-state index is -4.40. The van der Waals surface area contributed by atoms with E-state index in [0.29, 0.717) is 17.8 Å². The quantitative estimate of drug-likeness (QED) is 0.849. The topological polar surface area (TPSA) is 50.4 Å². The summed E-state index contributed by atoms with van der Waals surface area (Å²) in [6, 6.07) is 4.60. The predicted octanol–water partition coefficient (Wildman–Crippen LogP) is 2.73. The highest BCUT2D eigenvalue weighted by Gasteiger charge is 2.28. The molecule has 21 heavy (non-hydrogen) atoms. The highest BCUT2D eigenvalue weighted by Crippen LogP contribution is 2.27. The smallest absolute Gasteiger partial charge is 0.422 e. The van der Waals surface area contributed by atoms with E-state index in [2.05, 4.69) is 10.6 Å². The lowest BCUT2D eigenvalue weighted by atomic mass is 10.1. The number of ether oxygens (including phenoxy) is 1. The number of rotatable bonds is 6. The normalized spacial score (nSPS) is 12.9. The van der Waals surface area contributed by atoms with E-state index in [9.17, 15) is 18.0 Å². The van der Waals surface area contributed by atoms with Gasteiger partial charge in [-0.3, -0.25) is 4.79 Å². The van der Waals surface area contributed by atoms with Gasteiger partial charge in [0.05, 0.1) is 0 Å². The molecule has 0 aliphatic rings. The zero-order chi connectivity index (χ0) is 16.0. The number of carbonyl (C=O) groups is 1. The third kappa shape index (κ3) is 5.63. The summed E-state index contributed by atoms with van der Waals surface area (Å²) in [6.45, 7) is 2.51. The van der Waals surface area contributed by atoms with Crippen LogP contribution in [0.1, 0.15) is 12.5 Å². The zero-order valence-electron chi connectivity index (χ0n) is 12.2. The molecule has 4 nitrogen and oxygen atoms in total. The van der Waals surface area contributed by atoms with Crippen LogP contribution in [0.4, 0.5) is 18.9 Å². The number of anilines is 1. The fourth-order valence-electron chi connectivity index (χ4n) is 1.72. The van der Waals surface area contributed by atoms with Crippen molar-refractivity contribution in [2.45, 2.75) is 20.0 Å². The van der Waals surface area contributed by atoms with Gasteiger partial charge in [0, 0.05) is 23.7 Å². The molecule has 1 rings (SSSR count). The van der Waals surface area contributed by atoms with Crippen LogP contribution in [0.15, 0.2) is 18.2 Å². The average molecular weight is 304 g/mol.